The van der Waals surface area contributed by atoms with Crippen LogP contribution < -0.4 is 4.90 Å². The molecule has 0 aromatic carbocycles. The predicted octanol–water partition coefficient (Wildman–Crippen LogP) is 2.91. The molecule has 0 saturated carbocycles. The Kier molecular flexibility index (Phi) is 3.50. The van der Waals surface area contributed by atoms with Crippen LogP contribution in [-0.2, 0) is 0 Å². The van der Waals surface area contributed by atoms with Crippen molar-refractivity contribution in [2.45, 2.75) is 26.7 Å². The number of nitrogens with zero attached hydrogens (tertiary/aromatic N) is 2. The minimum Gasteiger partial charge on any atom is -0.363 e. The van der Waals surface area contributed by atoms with Gasteiger partial charge in [0.25, 0.3) is 0 Å². The van der Waals surface area contributed by atoms with E-state index in [9.17, 15) is 0 Å². The van der Waals surface area contributed by atoms with Gasteiger partial charge in [0, 0.05) is 25.7 Å². The molecule has 2 heteroatoms. The van der Waals surface area contributed by atoms with Crippen LogP contribution in [0.3, 0.4) is 0 Å². The summed E-state index contributed by atoms with van der Waals surface area (Å²) < 4.78 is 0. The molecule has 1 atom stereocenters. The van der Waals surface area contributed by atoms with Crippen LogP contribution in [0.15, 0.2) is 18.2 Å². The van der Waals surface area contributed by atoms with Crippen molar-refractivity contribution < 1.29 is 0 Å². The Labute approximate surface area is 87.0 Å². The first-order chi connectivity index (χ1) is 6.52. The second-order valence-electron chi connectivity index (χ2n) is 4.35. The fraction of sp³-hybridized carbons (Fsp3) is 0.583. The molecule has 0 aliphatic rings. The maximum Gasteiger partial charge on any atom is 0.128 e. The van der Waals surface area contributed by atoms with Crippen LogP contribution in [0, 0.1) is 5.92 Å². The molecule has 78 valence electrons. The molecule has 0 radical (unpaired) electrons. The highest BCUT2D eigenvalue weighted by Gasteiger charge is 2.11. The molecule has 0 saturated heterocycles. The number of hydrogen-bond donors (Lipinski definition) is 0. The average molecular weight is 192 g/mol. The molecule has 0 aliphatic heterocycles. The fourth-order valence-electron chi connectivity index (χ4n) is 1.28. The quantitative estimate of drug-likeness (QED) is 0.732. The predicted molar refractivity (Wildman–Crippen MR) is 61.8 cm³/mol. The van der Waals surface area contributed by atoms with Gasteiger partial charge in [-0.1, -0.05) is 26.8 Å². The first kappa shape index (κ1) is 11.0. The third-order valence-electron chi connectivity index (χ3n) is 2.68. The van der Waals surface area contributed by atoms with Crippen LogP contribution in [-0.4, -0.2) is 19.1 Å². The van der Waals surface area contributed by atoms with Gasteiger partial charge in [-0.15, -0.1) is 0 Å². The highest BCUT2D eigenvalue weighted by atomic mass is 15.1. The molecular formula is C12H20N2. The highest BCUT2D eigenvalue weighted by molar-refractivity contribution is 5.37. The van der Waals surface area contributed by atoms with Gasteiger partial charge in [-0.2, -0.15) is 0 Å². The third kappa shape index (κ3) is 2.47. The number of rotatable bonds is 3. The average Bonchev–Trinajstić information content (AvgIpc) is 2.16. The molecule has 1 rings (SSSR count). The van der Waals surface area contributed by atoms with Crippen LogP contribution in [0.25, 0.3) is 0 Å². The molecule has 0 spiro atoms. The molecule has 0 bridgehead atoms. The summed E-state index contributed by atoms with van der Waals surface area (Å²) in [4.78, 5) is 6.66. The van der Waals surface area contributed by atoms with Crippen molar-refractivity contribution in [2.75, 3.05) is 19.0 Å². The topological polar surface area (TPSA) is 16.1 Å². The maximum atomic E-state index is 4.62. The minimum atomic E-state index is 0.523. The summed E-state index contributed by atoms with van der Waals surface area (Å²) in [5, 5.41) is 0. The van der Waals surface area contributed by atoms with Crippen molar-refractivity contribution in [3.8, 4) is 0 Å². The minimum absolute atomic E-state index is 0.523. The van der Waals surface area contributed by atoms with E-state index < -0.39 is 0 Å². The third-order valence-corrected chi connectivity index (χ3v) is 2.68. The number of pyridine rings is 1. The second kappa shape index (κ2) is 4.45. The van der Waals surface area contributed by atoms with E-state index in [1.54, 1.807) is 0 Å². The van der Waals surface area contributed by atoms with Crippen molar-refractivity contribution >= 4 is 5.82 Å². The molecule has 0 N–H and O–H groups in total. The van der Waals surface area contributed by atoms with Crippen LogP contribution in [0.2, 0.25) is 0 Å². The Morgan fingerprint density at radius 2 is 1.79 bits per heavy atom. The van der Waals surface area contributed by atoms with Crippen LogP contribution in [0.5, 0.6) is 0 Å². The summed E-state index contributed by atoms with van der Waals surface area (Å²) in [6.45, 7) is 6.69. The monoisotopic (exact) mass is 192 g/mol. The standard InChI is InChI=1S/C12H20N2/c1-9(2)10(3)11-7-6-8-12(13-11)14(4)5/h6-10H,1-5H3/t10-/m1/s1. The largest absolute Gasteiger partial charge is 0.363 e. The van der Waals surface area contributed by atoms with Crippen LogP contribution in [0.4, 0.5) is 5.82 Å². The van der Waals surface area contributed by atoms with Gasteiger partial charge >= 0.3 is 0 Å². The molecule has 2 nitrogen and oxygen atoms in total. The molecule has 0 amide bonds. The van der Waals surface area contributed by atoms with E-state index in [1.807, 2.05) is 25.1 Å². The summed E-state index contributed by atoms with van der Waals surface area (Å²) >= 11 is 0. The molecule has 0 unspecified atom stereocenters. The molecular weight excluding hydrogens is 172 g/mol. The molecule has 0 aliphatic carbocycles. The van der Waals surface area contributed by atoms with Crippen molar-refractivity contribution in [1.29, 1.82) is 0 Å². The lowest BCUT2D eigenvalue weighted by atomic mass is 9.94. The van der Waals surface area contributed by atoms with Gasteiger partial charge in [0.15, 0.2) is 0 Å². The maximum absolute atomic E-state index is 4.62. The van der Waals surface area contributed by atoms with Crippen molar-refractivity contribution in [2.24, 2.45) is 5.92 Å². The number of anilines is 1. The molecule has 1 aromatic rings. The van der Waals surface area contributed by atoms with Crippen molar-refractivity contribution in [3.05, 3.63) is 23.9 Å². The van der Waals surface area contributed by atoms with Gasteiger partial charge in [-0.3, -0.25) is 0 Å². The van der Waals surface area contributed by atoms with Gasteiger partial charge in [-0.25, -0.2) is 4.98 Å². The van der Waals surface area contributed by atoms with E-state index in [2.05, 4.69) is 37.9 Å². The van der Waals surface area contributed by atoms with Crippen LogP contribution >= 0.6 is 0 Å². The van der Waals surface area contributed by atoms with E-state index in [0.717, 1.165) is 5.82 Å². The normalized spacial score (nSPS) is 13.0. The second-order valence-corrected chi connectivity index (χ2v) is 4.35. The SMILES string of the molecule is CC(C)[C@@H](C)c1cccc(N(C)C)n1. The van der Waals surface area contributed by atoms with E-state index in [1.165, 1.54) is 5.69 Å². The zero-order valence-electron chi connectivity index (χ0n) is 9.78. The molecule has 1 aromatic heterocycles. The Morgan fingerprint density at radius 3 is 2.29 bits per heavy atom. The van der Waals surface area contributed by atoms with Gasteiger partial charge < -0.3 is 4.90 Å². The Bertz CT molecular complexity index is 292. The fourth-order valence-corrected chi connectivity index (χ4v) is 1.28. The number of aromatic nitrogens is 1. The van der Waals surface area contributed by atoms with Crippen molar-refractivity contribution in [1.82, 2.24) is 4.98 Å². The number of hydrogen-bond acceptors (Lipinski definition) is 2. The Morgan fingerprint density at radius 1 is 1.14 bits per heavy atom. The first-order valence-electron chi connectivity index (χ1n) is 5.16. The molecule has 14 heavy (non-hydrogen) atoms. The zero-order chi connectivity index (χ0) is 10.7. The first-order valence-corrected chi connectivity index (χ1v) is 5.16. The smallest absolute Gasteiger partial charge is 0.128 e. The van der Waals surface area contributed by atoms with Gasteiger partial charge in [0.05, 0.1) is 0 Å². The van der Waals surface area contributed by atoms with Gasteiger partial charge in [0.2, 0.25) is 0 Å². The lowest BCUT2D eigenvalue weighted by Gasteiger charge is -2.18. The highest BCUT2D eigenvalue weighted by Crippen LogP contribution is 2.23. The molecule has 1 heterocycles. The van der Waals surface area contributed by atoms with Crippen molar-refractivity contribution in [3.63, 3.8) is 0 Å². The summed E-state index contributed by atoms with van der Waals surface area (Å²) in [5.74, 6) is 2.20. The lowest BCUT2D eigenvalue weighted by molar-refractivity contribution is 0.523. The summed E-state index contributed by atoms with van der Waals surface area (Å²) in [7, 11) is 4.04. The lowest BCUT2D eigenvalue weighted by Crippen LogP contribution is -2.13. The Hall–Kier alpha value is -1.05. The van der Waals surface area contributed by atoms with Crippen LogP contribution in [0.1, 0.15) is 32.4 Å². The van der Waals surface area contributed by atoms with E-state index >= 15 is 0 Å². The Balaban J connectivity index is 2.93. The summed E-state index contributed by atoms with van der Waals surface area (Å²) in [6.07, 6.45) is 0. The molecule has 0 fully saturated rings. The van der Waals surface area contributed by atoms with E-state index in [4.69, 9.17) is 0 Å². The van der Waals surface area contributed by atoms with Gasteiger partial charge in [0.1, 0.15) is 5.82 Å². The summed E-state index contributed by atoms with van der Waals surface area (Å²) in [5.41, 5.74) is 1.19. The van der Waals surface area contributed by atoms with E-state index in [-0.39, 0.29) is 0 Å². The van der Waals surface area contributed by atoms with E-state index in [0.29, 0.717) is 11.8 Å². The van der Waals surface area contributed by atoms with Gasteiger partial charge in [-0.05, 0) is 18.1 Å². The zero-order valence-corrected chi connectivity index (χ0v) is 9.78. The summed E-state index contributed by atoms with van der Waals surface area (Å²) in [6, 6.07) is 6.23.